The number of nitrogens with zero attached hydrogens (tertiary/aromatic N) is 1. The summed E-state index contributed by atoms with van der Waals surface area (Å²) in [4.78, 5) is 16.4. The lowest BCUT2D eigenvalue weighted by Gasteiger charge is -2.22. The maximum absolute atomic E-state index is 12.3. The van der Waals surface area contributed by atoms with Crippen molar-refractivity contribution in [3.8, 4) is 5.75 Å². The molecule has 2 amide bonds. The van der Waals surface area contributed by atoms with Crippen LogP contribution in [0.1, 0.15) is 36.0 Å². The normalized spacial score (nSPS) is 15.5. The number of carbonyl (C=O) groups is 1. The number of ether oxygens (including phenoxy) is 3. The molecule has 0 aliphatic carbocycles. The third-order valence-corrected chi connectivity index (χ3v) is 5.54. The quantitative estimate of drug-likeness (QED) is 0.441. The van der Waals surface area contributed by atoms with E-state index in [1.165, 1.54) is 6.42 Å². The summed E-state index contributed by atoms with van der Waals surface area (Å²) in [6.07, 6.45) is 7.12. The van der Waals surface area contributed by atoms with Gasteiger partial charge in [0.05, 0.1) is 19.3 Å². The molecular formula is C27H31N3O4. The Morgan fingerprint density at radius 1 is 1.00 bits per heavy atom. The highest BCUT2D eigenvalue weighted by Crippen LogP contribution is 2.16. The fourth-order valence-corrected chi connectivity index (χ4v) is 3.70. The van der Waals surface area contributed by atoms with Gasteiger partial charge in [-0.05, 0) is 60.7 Å². The van der Waals surface area contributed by atoms with Gasteiger partial charge in [0, 0.05) is 36.8 Å². The number of hydrogen-bond acceptors (Lipinski definition) is 5. The van der Waals surface area contributed by atoms with Gasteiger partial charge in [0.2, 0.25) is 0 Å². The molecule has 34 heavy (non-hydrogen) atoms. The number of rotatable bonds is 10. The molecule has 0 radical (unpaired) electrons. The lowest BCUT2D eigenvalue weighted by atomic mass is 10.1. The topological polar surface area (TPSA) is 81.7 Å². The van der Waals surface area contributed by atoms with E-state index in [1.807, 2.05) is 60.7 Å². The molecule has 2 N–H and O–H groups in total. The molecule has 0 spiro atoms. The minimum absolute atomic E-state index is 0.197. The van der Waals surface area contributed by atoms with Gasteiger partial charge in [-0.25, -0.2) is 4.79 Å². The lowest BCUT2D eigenvalue weighted by molar-refractivity contribution is -0.0447. The van der Waals surface area contributed by atoms with Crippen LogP contribution in [-0.4, -0.2) is 30.3 Å². The molecule has 1 saturated heterocycles. The van der Waals surface area contributed by atoms with Crippen molar-refractivity contribution in [2.45, 2.75) is 45.1 Å². The van der Waals surface area contributed by atoms with E-state index >= 15 is 0 Å². The summed E-state index contributed by atoms with van der Waals surface area (Å²) >= 11 is 0. The van der Waals surface area contributed by atoms with Crippen LogP contribution in [0.25, 0.3) is 0 Å². The molecule has 4 rings (SSSR count). The first-order valence-corrected chi connectivity index (χ1v) is 11.7. The second kappa shape index (κ2) is 12.7. The van der Waals surface area contributed by atoms with Crippen molar-refractivity contribution in [2.75, 3.05) is 18.5 Å². The van der Waals surface area contributed by atoms with Crippen molar-refractivity contribution in [1.82, 2.24) is 10.3 Å². The van der Waals surface area contributed by atoms with E-state index in [4.69, 9.17) is 14.2 Å². The zero-order valence-electron chi connectivity index (χ0n) is 19.2. The van der Waals surface area contributed by atoms with Crippen LogP contribution in [0.2, 0.25) is 0 Å². The van der Waals surface area contributed by atoms with Crippen molar-refractivity contribution in [2.24, 2.45) is 0 Å². The van der Waals surface area contributed by atoms with Crippen molar-refractivity contribution in [1.29, 1.82) is 0 Å². The molecule has 7 heteroatoms. The maximum atomic E-state index is 12.3. The monoisotopic (exact) mass is 461 g/mol. The first-order valence-electron chi connectivity index (χ1n) is 11.7. The van der Waals surface area contributed by atoms with Crippen molar-refractivity contribution < 1.29 is 19.0 Å². The van der Waals surface area contributed by atoms with E-state index in [1.54, 1.807) is 12.4 Å². The molecule has 7 nitrogen and oxygen atoms in total. The summed E-state index contributed by atoms with van der Waals surface area (Å²) in [5.41, 5.74) is 3.73. The van der Waals surface area contributed by atoms with Crippen LogP contribution in [0.4, 0.5) is 10.5 Å². The highest BCUT2D eigenvalue weighted by atomic mass is 16.5. The Morgan fingerprint density at radius 2 is 1.88 bits per heavy atom. The predicted octanol–water partition coefficient (Wildman–Crippen LogP) is 5.07. The number of benzene rings is 2. The van der Waals surface area contributed by atoms with E-state index < -0.39 is 0 Å². The fourth-order valence-electron chi connectivity index (χ4n) is 3.70. The smallest absolute Gasteiger partial charge is 0.319 e. The van der Waals surface area contributed by atoms with Crippen molar-refractivity contribution >= 4 is 11.7 Å². The second-order valence-corrected chi connectivity index (χ2v) is 8.31. The van der Waals surface area contributed by atoms with Crippen LogP contribution >= 0.6 is 0 Å². The highest BCUT2D eigenvalue weighted by molar-refractivity contribution is 5.89. The van der Waals surface area contributed by atoms with E-state index in [9.17, 15) is 4.79 Å². The number of hydrogen-bond donors (Lipinski definition) is 2. The van der Waals surface area contributed by atoms with Gasteiger partial charge in [0.1, 0.15) is 12.4 Å². The number of anilines is 1. The first kappa shape index (κ1) is 23.7. The van der Waals surface area contributed by atoms with Gasteiger partial charge in [-0.2, -0.15) is 0 Å². The molecule has 1 aromatic heterocycles. The summed E-state index contributed by atoms with van der Waals surface area (Å²) in [5, 5.41) is 5.76. The van der Waals surface area contributed by atoms with Gasteiger partial charge in [0.15, 0.2) is 0 Å². The van der Waals surface area contributed by atoms with E-state index in [0.717, 1.165) is 47.6 Å². The Hall–Kier alpha value is -3.42. The predicted molar refractivity (Wildman–Crippen MR) is 131 cm³/mol. The number of amides is 2. The molecular weight excluding hydrogens is 430 g/mol. The molecule has 1 aliphatic rings. The molecule has 1 aliphatic heterocycles. The fraction of sp³-hybridized carbons (Fsp3) is 0.333. The van der Waals surface area contributed by atoms with Crippen LogP contribution in [0.5, 0.6) is 5.75 Å². The summed E-state index contributed by atoms with van der Waals surface area (Å²) < 4.78 is 17.3. The van der Waals surface area contributed by atoms with Crippen LogP contribution in [0.3, 0.4) is 0 Å². The van der Waals surface area contributed by atoms with Gasteiger partial charge in [-0.1, -0.05) is 30.3 Å². The second-order valence-electron chi connectivity index (χ2n) is 8.31. The number of nitrogens with one attached hydrogen (secondary N) is 2. The molecule has 1 unspecified atom stereocenters. The minimum Gasteiger partial charge on any atom is -0.489 e. The number of aromatic nitrogens is 1. The maximum Gasteiger partial charge on any atom is 0.319 e. The van der Waals surface area contributed by atoms with Gasteiger partial charge in [0.25, 0.3) is 0 Å². The van der Waals surface area contributed by atoms with Crippen LogP contribution < -0.4 is 15.4 Å². The summed E-state index contributed by atoms with van der Waals surface area (Å²) in [6.45, 7) is 2.80. The SMILES string of the molecule is O=C(NCc1ccc(OCc2cccnc2)cc1)Nc1cccc(COCC2CCCCO2)c1. The molecule has 3 aromatic rings. The molecule has 2 aromatic carbocycles. The van der Waals surface area contributed by atoms with E-state index in [-0.39, 0.29) is 12.1 Å². The summed E-state index contributed by atoms with van der Waals surface area (Å²) in [7, 11) is 0. The van der Waals surface area contributed by atoms with Gasteiger partial charge in [-0.3, -0.25) is 4.98 Å². The summed E-state index contributed by atoms with van der Waals surface area (Å²) in [6, 6.07) is 19.0. The molecule has 178 valence electrons. The number of pyridine rings is 1. The van der Waals surface area contributed by atoms with E-state index in [2.05, 4.69) is 15.6 Å². The number of urea groups is 1. The average molecular weight is 462 g/mol. The Labute approximate surface area is 200 Å². The minimum atomic E-state index is -0.259. The van der Waals surface area contributed by atoms with Gasteiger partial charge >= 0.3 is 6.03 Å². The number of carbonyl (C=O) groups excluding carboxylic acids is 1. The Kier molecular flexibility index (Phi) is 8.88. The van der Waals surface area contributed by atoms with Gasteiger partial charge < -0.3 is 24.8 Å². The van der Waals surface area contributed by atoms with Crippen molar-refractivity contribution in [3.63, 3.8) is 0 Å². The van der Waals surface area contributed by atoms with E-state index in [0.29, 0.717) is 26.4 Å². The molecule has 1 fully saturated rings. The molecule has 2 heterocycles. The third-order valence-electron chi connectivity index (χ3n) is 5.54. The zero-order valence-corrected chi connectivity index (χ0v) is 19.2. The molecule has 0 saturated carbocycles. The lowest BCUT2D eigenvalue weighted by Crippen LogP contribution is -2.28. The highest BCUT2D eigenvalue weighted by Gasteiger charge is 2.13. The Bertz CT molecular complexity index is 1020. The van der Waals surface area contributed by atoms with Crippen LogP contribution in [-0.2, 0) is 29.2 Å². The third kappa shape index (κ3) is 7.86. The zero-order chi connectivity index (χ0) is 23.4. The first-order chi connectivity index (χ1) is 16.7. The Morgan fingerprint density at radius 3 is 2.68 bits per heavy atom. The molecule has 0 bridgehead atoms. The largest absolute Gasteiger partial charge is 0.489 e. The van der Waals surface area contributed by atoms with Crippen molar-refractivity contribution in [3.05, 3.63) is 89.7 Å². The summed E-state index contributed by atoms with van der Waals surface area (Å²) in [5.74, 6) is 0.770. The molecule has 1 atom stereocenters. The van der Waals surface area contributed by atoms with Gasteiger partial charge in [-0.15, -0.1) is 0 Å². The standard InChI is InChI=1S/C27H31N3O4/c31-27(29-17-21-9-11-25(12-10-21)34-19-23-6-4-13-28-16-23)30-24-7-3-5-22(15-24)18-32-20-26-8-1-2-14-33-26/h3-7,9-13,15-16,26H,1-2,8,14,17-20H2,(H2,29,30,31). The van der Waals surface area contributed by atoms with Crippen LogP contribution in [0, 0.1) is 0 Å². The average Bonchev–Trinajstić information content (AvgIpc) is 2.88. The Balaban J connectivity index is 1.17. The van der Waals surface area contributed by atoms with Crippen LogP contribution in [0.15, 0.2) is 73.1 Å².